The van der Waals surface area contributed by atoms with Gasteiger partial charge in [-0.2, -0.15) is 0 Å². The van der Waals surface area contributed by atoms with Crippen LogP contribution in [0.4, 0.5) is 0 Å². The summed E-state index contributed by atoms with van der Waals surface area (Å²) in [5.74, 6) is -0.674. The summed E-state index contributed by atoms with van der Waals surface area (Å²) in [7, 11) is 0. The highest BCUT2D eigenvalue weighted by molar-refractivity contribution is 7.10. The van der Waals surface area contributed by atoms with Gasteiger partial charge in [-0.1, -0.05) is 6.42 Å². The monoisotopic (exact) mass is 239 g/mol. The van der Waals surface area contributed by atoms with Crippen LogP contribution in [0.1, 0.15) is 29.7 Å². The van der Waals surface area contributed by atoms with Crippen LogP contribution in [0.5, 0.6) is 0 Å². The number of hydrogen-bond acceptors (Lipinski definition) is 3. The Morgan fingerprint density at radius 1 is 1.62 bits per heavy atom. The van der Waals surface area contributed by atoms with Gasteiger partial charge < -0.3 is 5.11 Å². The van der Waals surface area contributed by atoms with Crippen LogP contribution >= 0.6 is 11.3 Å². The highest BCUT2D eigenvalue weighted by atomic mass is 32.1. The van der Waals surface area contributed by atoms with Gasteiger partial charge in [0.2, 0.25) is 0 Å². The van der Waals surface area contributed by atoms with Crippen LogP contribution in [0, 0.1) is 6.92 Å². The molecular weight excluding hydrogens is 222 g/mol. The van der Waals surface area contributed by atoms with E-state index in [0.29, 0.717) is 0 Å². The summed E-state index contributed by atoms with van der Waals surface area (Å²) in [6.45, 7) is 3.79. The fraction of sp³-hybridized carbons (Fsp3) is 0.583. The average Bonchev–Trinajstić information content (AvgIpc) is 2.65. The van der Waals surface area contributed by atoms with Gasteiger partial charge >= 0.3 is 5.97 Å². The number of carboxylic acid groups (broad SMARTS) is 1. The minimum atomic E-state index is -0.674. The number of aryl methyl sites for hydroxylation is 1. The first kappa shape index (κ1) is 11.6. The molecule has 0 radical (unpaired) electrons. The Kier molecular flexibility index (Phi) is 3.61. The molecule has 2 rings (SSSR count). The summed E-state index contributed by atoms with van der Waals surface area (Å²) in [4.78, 5) is 14.5. The molecule has 0 amide bonds. The summed E-state index contributed by atoms with van der Waals surface area (Å²) in [6, 6.07) is 1.82. The topological polar surface area (TPSA) is 40.5 Å². The first-order valence-corrected chi connectivity index (χ1v) is 6.56. The van der Waals surface area contributed by atoms with E-state index in [0.717, 1.165) is 32.4 Å². The van der Waals surface area contributed by atoms with Gasteiger partial charge in [-0.25, -0.2) is 0 Å². The molecule has 16 heavy (non-hydrogen) atoms. The van der Waals surface area contributed by atoms with Crippen molar-refractivity contribution in [1.82, 2.24) is 4.90 Å². The summed E-state index contributed by atoms with van der Waals surface area (Å²) in [5, 5.41) is 11.2. The fourth-order valence-corrected chi connectivity index (χ4v) is 2.97. The van der Waals surface area contributed by atoms with Gasteiger partial charge in [0.15, 0.2) is 0 Å². The lowest BCUT2D eigenvalue weighted by Crippen LogP contribution is -2.44. The summed E-state index contributed by atoms with van der Waals surface area (Å²) in [6.07, 6.45) is 2.95. The van der Waals surface area contributed by atoms with Gasteiger partial charge in [-0.3, -0.25) is 9.69 Å². The Labute approximate surface area is 99.7 Å². The third-order valence-corrected chi connectivity index (χ3v) is 4.13. The molecule has 4 heteroatoms. The fourth-order valence-electron chi connectivity index (χ4n) is 2.25. The molecule has 88 valence electrons. The number of likely N-dealkylation sites (tertiary alicyclic amines) is 1. The maximum Gasteiger partial charge on any atom is 0.320 e. The number of carboxylic acids is 1. The molecule has 1 fully saturated rings. The van der Waals surface area contributed by atoms with E-state index in [9.17, 15) is 4.79 Å². The lowest BCUT2D eigenvalue weighted by molar-refractivity contribution is -0.144. The highest BCUT2D eigenvalue weighted by Gasteiger charge is 2.28. The molecule has 3 nitrogen and oxygen atoms in total. The second-order valence-electron chi connectivity index (χ2n) is 4.32. The van der Waals surface area contributed by atoms with Gasteiger partial charge in [-0.15, -0.1) is 11.3 Å². The zero-order valence-electron chi connectivity index (χ0n) is 9.48. The lowest BCUT2D eigenvalue weighted by Gasteiger charge is -2.32. The number of aliphatic carboxylic acids is 1. The van der Waals surface area contributed by atoms with Crippen LogP contribution in [0.3, 0.4) is 0 Å². The van der Waals surface area contributed by atoms with Crippen molar-refractivity contribution in [2.24, 2.45) is 0 Å². The van der Waals surface area contributed by atoms with E-state index in [1.807, 2.05) is 0 Å². The van der Waals surface area contributed by atoms with E-state index >= 15 is 0 Å². The molecule has 0 aromatic carbocycles. The van der Waals surface area contributed by atoms with Gasteiger partial charge in [-0.05, 0) is 43.3 Å². The molecule has 1 unspecified atom stereocenters. The molecule has 0 saturated carbocycles. The zero-order chi connectivity index (χ0) is 11.5. The van der Waals surface area contributed by atoms with Crippen molar-refractivity contribution in [3.63, 3.8) is 0 Å². The molecule has 1 N–H and O–H groups in total. The van der Waals surface area contributed by atoms with Gasteiger partial charge in [0.1, 0.15) is 6.04 Å². The number of hydrogen-bond donors (Lipinski definition) is 1. The molecule has 1 atom stereocenters. The van der Waals surface area contributed by atoms with E-state index in [4.69, 9.17) is 5.11 Å². The van der Waals surface area contributed by atoms with Crippen molar-refractivity contribution in [2.45, 2.75) is 38.8 Å². The Morgan fingerprint density at radius 2 is 2.44 bits per heavy atom. The predicted octanol–water partition coefficient (Wildman–Crippen LogP) is 2.50. The van der Waals surface area contributed by atoms with Crippen LogP contribution < -0.4 is 0 Å². The third-order valence-electron chi connectivity index (χ3n) is 3.24. The summed E-state index contributed by atoms with van der Waals surface area (Å²) < 4.78 is 0. The van der Waals surface area contributed by atoms with Crippen molar-refractivity contribution in [3.05, 3.63) is 21.9 Å². The minimum absolute atomic E-state index is 0.284. The van der Waals surface area contributed by atoms with Crippen LogP contribution in [0.2, 0.25) is 0 Å². The number of thiophene rings is 1. The maximum absolute atomic E-state index is 11.1. The molecule has 0 aliphatic carbocycles. The van der Waals surface area contributed by atoms with Crippen molar-refractivity contribution in [1.29, 1.82) is 0 Å². The third kappa shape index (κ3) is 2.44. The number of nitrogens with zero attached hydrogens (tertiary/aromatic N) is 1. The van der Waals surface area contributed by atoms with Crippen LogP contribution in [0.25, 0.3) is 0 Å². The number of carbonyl (C=O) groups is 1. The Bertz CT molecular complexity index is 375. The standard InChI is InChI=1S/C12H17NO2S/c1-9-10(5-7-16-9)8-13-6-3-2-4-11(13)12(14)15/h5,7,11H,2-4,6,8H2,1H3,(H,14,15). The molecule has 2 heterocycles. The normalized spacial score (nSPS) is 22.2. The van der Waals surface area contributed by atoms with Crippen LogP contribution in [-0.4, -0.2) is 28.6 Å². The molecule has 1 aromatic heterocycles. The quantitative estimate of drug-likeness (QED) is 0.881. The molecular formula is C12H17NO2S. The second-order valence-corrected chi connectivity index (χ2v) is 5.44. The van der Waals surface area contributed by atoms with E-state index < -0.39 is 5.97 Å². The first-order chi connectivity index (χ1) is 7.68. The molecule has 1 aromatic rings. The Hall–Kier alpha value is -0.870. The van der Waals surface area contributed by atoms with E-state index in [2.05, 4.69) is 23.3 Å². The SMILES string of the molecule is Cc1sccc1CN1CCCCC1C(=O)O. The number of piperidine rings is 1. The number of rotatable bonds is 3. The van der Waals surface area contributed by atoms with Gasteiger partial charge in [0.05, 0.1) is 0 Å². The van der Waals surface area contributed by atoms with E-state index in [1.54, 1.807) is 11.3 Å². The summed E-state index contributed by atoms with van der Waals surface area (Å²) in [5.41, 5.74) is 1.28. The first-order valence-electron chi connectivity index (χ1n) is 5.68. The van der Waals surface area contributed by atoms with Crippen LogP contribution in [0.15, 0.2) is 11.4 Å². The summed E-state index contributed by atoms with van der Waals surface area (Å²) >= 11 is 1.73. The molecule has 0 spiro atoms. The van der Waals surface area contributed by atoms with Crippen molar-refractivity contribution >= 4 is 17.3 Å². The smallest absolute Gasteiger partial charge is 0.320 e. The largest absolute Gasteiger partial charge is 0.480 e. The van der Waals surface area contributed by atoms with Crippen LogP contribution in [-0.2, 0) is 11.3 Å². The Morgan fingerprint density at radius 3 is 3.06 bits per heavy atom. The Balaban J connectivity index is 2.07. The average molecular weight is 239 g/mol. The molecule has 1 saturated heterocycles. The minimum Gasteiger partial charge on any atom is -0.480 e. The van der Waals surface area contributed by atoms with Crippen molar-refractivity contribution in [3.8, 4) is 0 Å². The lowest BCUT2D eigenvalue weighted by atomic mass is 10.0. The van der Waals surface area contributed by atoms with Crippen molar-refractivity contribution < 1.29 is 9.90 Å². The van der Waals surface area contributed by atoms with Gasteiger partial charge in [0.25, 0.3) is 0 Å². The molecule has 1 aliphatic heterocycles. The maximum atomic E-state index is 11.1. The van der Waals surface area contributed by atoms with E-state index in [-0.39, 0.29) is 6.04 Å². The highest BCUT2D eigenvalue weighted by Crippen LogP contribution is 2.23. The van der Waals surface area contributed by atoms with Gasteiger partial charge in [0, 0.05) is 11.4 Å². The predicted molar refractivity (Wildman–Crippen MR) is 64.7 cm³/mol. The molecule has 0 bridgehead atoms. The van der Waals surface area contributed by atoms with Crippen molar-refractivity contribution in [2.75, 3.05) is 6.54 Å². The second kappa shape index (κ2) is 4.97. The molecule has 1 aliphatic rings. The van der Waals surface area contributed by atoms with E-state index in [1.165, 1.54) is 10.4 Å². The zero-order valence-corrected chi connectivity index (χ0v) is 10.3.